The summed E-state index contributed by atoms with van der Waals surface area (Å²) < 4.78 is 36.1. The monoisotopic (exact) mass is 335 g/mol. The van der Waals surface area contributed by atoms with Crippen molar-refractivity contribution >= 4 is 17.6 Å². The minimum Gasteiger partial charge on any atom is -0.497 e. The number of nitrogens with one attached hydrogen (secondary N) is 1. The van der Waals surface area contributed by atoms with Crippen LogP contribution in [0.4, 0.5) is 14.5 Å². The third kappa shape index (κ3) is 4.28. The number of esters is 1. The predicted molar refractivity (Wildman–Crippen MR) is 83.0 cm³/mol. The summed E-state index contributed by atoms with van der Waals surface area (Å²) in [5.41, 5.74) is 0.721. The number of carbonyl (C=O) groups is 2. The van der Waals surface area contributed by atoms with Crippen molar-refractivity contribution in [3.63, 3.8) is 0 Å². The van der Waals surface area contributed by atoms with Gasteiger partial charge in [-0.2, -0.15) is 0 Å². The summed E-state index contributed by atoms with van der Waals surface area (Å²) in [7, 11) is 1.51. The molecule has 0 saturated carbocycles. The normalized spacial score (nSPS) is 10.2. The molecule has 0 fully saturated rings. The number of hydrogen-bond acceptors (Lipinski definition) is 4. The Morgan fingerprint density at radius 3 is 2.50 bits per heavy atom. The molecule has 24 heavy (non-hydrogen) atoms. The lowest BCUT2D eigenvalue weighted by Crippen LogP contribution is -2.21. The van der Waals surface area contributed by atoms with E-state index in [-0.39, 0.29) is 11.3 Å². The summed E-state index contributed by atoms with van der Waals surface area (Å²) in [5, 5.41) is 2.20. The van der Waals surface area contributed by atoms with Gasteiger partial charge in [-0.05, 0) is 42.8 Å². The van der Waals surface area contributed by atoms with Gasteiger partial charge in [-0.15, -0.1) is 0 Å². The van der Waals surface area contributed by atoms with Gasteiger partial charge in [0, 0.05) is 6.07 Å². The number of ether oxygens (including phenoxy) is 2. The van der Waals surface area contributed by atoms with Crippen LogP contribution < -0.4 is 10.1 Å². The highest BCUT2D eigenvalue weighted by atomic mass is 19.1. The van der Waals surface area contributed by atoms with Gasteiger partial charge < -0.3 is 14.8 Å². The van der Waals surface area contributed by atoms with E-state index in [1.807, 2.05) is 0 Å². The Bertz CT molecular complexity index is 777. The first kappa shape index (κ1) is 17.4. The van der Waals surface area contributed by atoms with Crippen LogP contribution in [0.1, 0.15) is 15.9 Å². The van der Waals surface area contributed by atoms with E-state index in [0.717, 1.165) is 12.1 Å². The third-order valence-electron chi connectivity index (χ3n) is 3.19. The lowest BCUT2D eigenvalue weighted by Gasteiger charge is -2.09. The number of benzene rings is 2. The van der Waals surface area contributed by atoms with E-state index in [1.54, 1.807) is 19.1 Å². The van der Waals surface area contributed by atoms with Crippen molar-refractivity contribution in [3.8, 4) is 5.75 Å². The highest BCUT2D eigenvalue weighted by Gasteiger charge is 2.14. The lowest BCUT2D eigenvalue weighted by atomic mass is 10.1. The summed E-state index contributed by atoms with van der Waals surface area (Å²) in [6, 6.07) is 7.50. The molecule has 0 aliphatic heterocycles. The molecule has 5 nitrogen and oxygen atoms in total. The summed E-state index contributed by atoms with van der Waals surface area (Å²) >= 11 is 0. The van der Waals surface area contributed by atoms with E-state index in [1.165, 1.54) is 13.2 Å². The molecule has 0 radical (unpaired) electrons. The molecular formula is C17H15F2NO4. The van der Waals surface area contributed by atoms with Gasteiger partial charge in [0.1, 0.15) is 17.4 Å². The molecule has 0 aliphatic rings. The Balaban J connectivity index is 1.95. The van der Waals surface area contributed by atoms with Crippen molar-refractivity contribution in [1.82, 2.24) is 0 Å². The molecule has 2 rings (SSSR count). The minimum absolute atomic E-state index is 0.196. The van der Waals surface area contributed by atoms with Gasteiger partial charge >= 0.3 is 5.97 Å². The van der Waals surface area contributed by atoms with Crippen LogP contribution in [0.5, 0.6) is 5.75 Å². The van der Waals surface area contributed by atoms with Crippen LogP contribution in [0.15, 0.2) is 36.4 Å². The number of aryl methyl sites for hydroxylation is 1. The number of rotatable bonds is 5. The maximum Gasteiger partial charge on any atom is 0.338 e. The van der Waals surface area contributed by atoms with Gasteiger partial charge in [0.2, 0.25) is 0 Å². The van der Waals surface area contributed by atoms with Crippen LogP contribution in [0.3, 0.4) is 0 Å². The second kappa shape index (κ2) is 7.54. The van der Waals surface area contributed by atoms with Crippen molar-refractivity contribution in [2.24, 2.45) is 0 Å². The zero-order valence-corrected chi connectivity index (χ0v) is 13.1. The summed E-state index contributed by atoms with van der Waals surface area (Å²) in [4.78, 5) is 23.7. The van der Waals surface area contributed by atoms with Crippen LogP contribution in [0.2, 0.25) is 0 Å². The van der Waals surface area contributed by atoms with E-state index in [0.29, 0.717) is 17.4 Å². The third-order valence-corrected chi connectivity index (χ3v) is 3.19. The standard InChI is InChI=1S/C17H15F2NO4/c1-10-7-12(23-2)4-5-13(10)17(22)24-9-16(21)20-15-6-3-11(18)8-14(15)19/h3-8H,9H2,1-2H3,(H,20,21). The average Bonchev–Trinajstić information content (AvgIpc) is 2.55. The Kier molecular flexibility index (Phi) is 5.47. The van der Waals surface area contributed by atoms with Crippen LogP contribution in [-0.4, -0.2) is 25.6 Å². The molecule has 0 atom stereocenters. The fourth-order valence-corrected chi connectivity index (χ4v) is 1.98. The number of amides is 1. The SMILES string of the molecule is COc1ccc(C(=O)OCC(=O)Nc2ccc(F)cc2F)c(C)c1. The Hall–Kier alpha value is -2.96. The van der Waals surface area contributed by atoms with Crippen molar-refractivity contribution < 1.29 is 27.8 Å². The summed E-state index contributed by atoms with van der Waals surface area (Å²) in [6.07, 6.45) is 0. The van der Waals surface area contributed by atoms with Crippen molar-refractivity contribution in [3.05, 3.63) is 59.2 Å². The molecule has 0 saturated heterocycles. The Morgan fingerprint density at radius 2 is 1.88 bits per heavy atom. The van der Waals surface area contributed by atoms with Gasteiger partial charge in [-0.3, -0.25) is 4.79 Å². The number of anilines is 1. The van der Waals surface area contributed by atoms with E-state index < -0.39 is 30.1 Å². The molecule has 0 unspecified atom stereocenters. The number of halogens is 2. The van der Waals surface area contributed by atoms with Crippen LogP contribution in [-0.2, 0) is 9.53 Å². The Morgan fingerprint density at radius 1 is 1.12 bits per heavy atom. The second-order valence-electron chi connectivity index (χ2n) is 4.93. The van der Waals surface area contributed by atoms with Crippen molar-refractivity contribution in [2.75, 3.05) is 19.0 Å². The number of carbonyl (C=O) groups excluding carboxylic acids is 2. The highest BCUT2D eigenvalue weighted by molar-refractivity contribution is 5.96. The molecule has 0 spiro atoms. The molecule has 0 bridgehead atoms. The molecule has 0 aliphatic carbocycles. The first-order valence-corrected chi connectivity index (χ1v) is 6.97. The molecule has 2 aromatic carbocycles. The largest absolute Gasteiger partial charge is 0.497 e. The van der Waals surface area contributed by atoms with Gasteiger partial charge in [0.05, 0.1) is 18.4 Å². The van der Waals surface area contributed by atoms with Crippen molar-refractivity contribution in [2.45, 2.75) is 6.92 Å². The van der Waals surface area contributed by atoms with Crippen LogP contribution in [0.25, 0.3) is 0 Å². The van der Waals surface area contributed by atoms with Crippen LogP contribution >= 0.6 is 0 Å². The number of hydrogen-bond donors (Lipinski definition) is 1. The molecular weight excluding hydrogens is 320 g/mol. The van der Waals surface area contributed by atoms with E-state index in [4.69, 9.17) is 9.47 Å². The average molecular weight is 335 g/mol. The number of methoxy groups -OCH3 is 1. The molecule has 1 N–H and O–H groups in total. The van der Waals surface area contributed by atoms with E-state index >= 15 is 0 Å². The van der Waals surface area contributed by atoms with Gasteiger partial charge in [0.15, 0.2) is 6.61 Å². The predicted octanol–water partition coefficient (Wildman–Crippen LogP) is 3.08. The lowest BCUT2D eigenvalue weighted by molar-refractivity contribution is -0.119. The van der Waals surface area contributed by atoms with Gasteiger partial charge in [-0.1, -0.05) is 0 Å². The van der Waals surface area contributed by atoms with E-state index in [9.17, 15) is 18.4 Å². The second-order valence-corrected chi connectivity index (χ2v) is 4.93. The zero-order chi connectivity index (χ0) is 17.7. The molecule has 0 aromatic heterocycles. The fourth-order valence-electron chi connectivity index (χ4n) is 1.98. The summed E-state index contributed by atoms with van der Waals surface area (Å²) in [5.74, 6) is -2.51. The zero-order valence-electron chi connectivity index (χ0n) is 13.1. The molecule has 1 amide bonds. The minimum atomic E-state index is -0.916. The molecule has 126 valence electrons. The van der Waals surface area contributed by atoms with Gasteiger partial charge in [0.25, 0.3) is 5.91 Å². The maximum atomic E-state index is 13.4. The van der Waals surface area contributed by atoms with E-state index in [2.05, 4.69) is 5.32 Å². The Labute approximate surface area is 137 Å². The quantitative estimate of drug-likeness (QED) is 0.853. The first-order chi connectivity index (χ1) is 11.4. The summed E-state index contributed by atoms with van der Waals surface area (Å²) in [6.45, 7) is 1.11. The van der Waals surface area contributed by atoms with Gasteiger partial charge in [-0.25, -0.2) is 13.6 Å². The molecule has 0 heterocycles. The maximum absolute atomic E-state index is 13.4. The first-order valence-electron chi connectivity index (χ1n) is 6.97. The van der Waals surface area contributed by atoms with Crippen molar-refractivity contribution in [1.29, 1.82) is 0 Å². The molecule has 7 heteroatoms. The van der Waals surface area contributed by atoms with Crippen LogP contribution in [0, 0.1) is 18.6 Å². The highest BCUT2D eigenvalue weighted by Crippen LogP contribution is 2.18. The smallest absolute Gasteiger partial charge is 0.338 e. The molecule has 2 aromatic rings. The fraction of sp³-hybridized carbons (Fsp3) is 0.176. The topological polar surface area (TPSA) is 64.6 Å².